The van der Waals surface area contributed by atoms with E-state index in [-0.39, 0.29) is 13.2 Å². The second-order valence-electron chi connectivity index (χ2n) is 6.17. The van der Waals surface area contributed by atoms with Crippen molar-refractivity contribution in [2.75, 3.05) is 77.1 Å². The van der Waals surface area contributed by atoms with Gasteiger partial charge in [0.25, 0.3) is 0 Å². The summed E-state index contributed by atoms with van der Waals surface area (Å²) in [6.07, 6.45) is 0. The number of nitrogens with two attached hydrogens (primary N) is 2. The highest BCUT2D eigenvalue weighted by Crippen LogP contribution is 2.23. The average Bonchev–Trinajstić information content (AvgIpc) is 2.52. The number of nitrogen functional groups attached to an aromatic ring is 2. The zero-order valence-corrected chi connectivity index (χ0v) is 13.7. The SMILES string of the molecule is Nc1ccc(OCCN2CC[N+](CCO)(CCO)CC2)c(N)c1. The van der Waals surface area contributed by atoms with E-state index in [0.717, 1.165) is 37.2 Å². The quantitative estimate of drug-likeness (QED) is 0.374. The molecule has 0 saturated carbocycles. The maximum atomic E-state index is 9.24. The molecule has 0 atom stereocenters. The summed E-state index contributed by atoms with van der Waals surface area (Å²) >= 11 is 0. The van der Waals surface area contributed by atoms with Gasteiger partial charge in [0.2, 0.25) is 0 Å². The van der Waals surface area contributed by atoms with Crippen molar-refractivity contribution in [3.8, 4) is 5.75 Å². The van der Waals surface area contributed by atoms with Crippen LogP contribution in [0.25, 0.3) is 0 Å². The molecule has 0 bridgehead atoms. The summed E-state index contributed by atoms with van der Waals surface area (Å²) in [5, 5.41) is 18.5. The molecule has 0 aliphatic carbocycles. The van der Waals surface area contributed by atoms with Crippen molar-refractivity contribution in [1.29, 1.82) is 0 Å². The van der Waals surface area contributed by atoms with Gasteiger partial charge in [0.1, 0.15) is 25.4 Å². The number of benzene rings is 1. The largest absolute Gasteiger partial charge is 0.490 e. The molecule has 0 radical (unpaired) electrons. The number of piperazine rings is 1. The van der Waals surface area contributed by atoms with Crippen LogP contribution in [0.1, 0.15) is 0 Å². The third kappa shape index (κ3) is 4.97. The van der Waals surface area contributed by atoms with Crippen LogP contribution >= 0.6 is 0 Å². The molecule has 2 rings (SSSR count). The van der Waals surface area contributed by atoms with Gasteiger partial charge in [0.05, 0.1) is 32.0 Å². The van der Waals surface area contributed by atoms with E-state index in [2.05, 4.69) is 4.90 Å². The lowest BCUT2D eigenvalue weighted by molar-refractivity contribution is -0.932. The zero-order valence-electron chi connectivity index (χ0n) is 13.7. The second-order valence-corrected chi connectivity index (χ2v) is 6.17. The van der Waals surface area contributed by atoms with E-state index in [4.69, 9.17) is 16.2 Å². The van der Waals surface area contributed by atoms with E-state index in [1.54, 1.807) is 18.2 Å². The predicted molar refractivity (Wildman–Crippen MR) is 91.1 cm³/mol. The van der Waals surface area contributed by atoms with Crippen LogP contribution in [0, 0.1) is 0 Å². The van der Waals surface area contributed by atoms with Crippen molar-refractivity contribution in [3.63, 3.8) is 0 Å². The van der Waals surface area contributed by atoms with Crippen molar-refractivity contribution in [2.24, 2.45) is 0 Å². The lowest BCUT2D eigenvalue weighted by Crippen LogP contribution is -2.61. The first-order chi connectivity index (χ1) is 11.1. The molecule has 7 heteroatoms. The Morgan fingerprint density at radius 2 is 1.74 bits per heavy atom. The summed E-state index contributed by atoms with van der Waals surface area (Å²) in [6, 6.07) is 5.28. The molecule has 1 fully saturated rings. The molecule has 7 nitrogen and oxygen atoms in total. The van der Waals surface area contributed by atoms with E-state index in [0.29, 0.717) is 36.8 Å². The summed E-state index contributed by atoms with van der Waals surface area (Å²) in [5.41, 5.74) is 12.7. The Morgan fingerprint density at radius 1 is 1.09 bits per heavy atom. The average molecular weight is 325 g/mol. The van der Waals surface area contributed by atoms with Crippen LogP contribution in [0.4, 0.5) is 11.4 Å². The lowest BCUT2D eigenvalue weighted by Gasteiger charge is -2.44. The third-order valence-corrected chi connectivity index (χ3v) is 4.63. The summed E-state index contributed by atoms with van der Waals surface area (Å²) in [6.45, 7) is 6.96. The number of hydrogen-bond acceptors (Lipinski definition) is 6. The number of rotatable bonds is 8. The van der Waals surface area contributed by atoms with Crippen molar-refractivity contribution in [3.05, 3.63) is 18.2 Å². The fraction of sp³-hybridized carbons (Fsp3) is 0.625. The van der Waals surface area contributed by atoms with Crippen LogP contribution in [-0.2, 0) is 0 Å². The molecule has 0 spiro atoms. The van der Waals surface area contributed by atoms with E-state index in [1.165, 1.54) is 0 Å². The van der Waals surface area contributed by atoms with E-state index < -0.39 is 0 Å². The molecule has 1 aromatic rings. The van der Waals surface area contributed by atoms with E-state index in [9.17, 15) is 10.2 Å². The van der Waals surface area contributed by atoms with Gasteiger partial charge >= 0.3 is 0 Å². The normalized spacial score (nSPS) is 18.0. The zero-order chi connectivity index (χ0) is 16.7. The third-order valence-electron chi connectivity index (χ3n) is 4.63. The number of nitrogens with zero attached hydrogens (tertiary/aromatic N) is 2. The van der Waals surface area contributed by atoms with E-state index >= 15 is 0 Å². The highest BCUT2D eigenvalue weighted by Gasteiger charge is 2.31. The summed E-state index contributed by atoms with van der Waals surface area (Å²) in [5.74, 6) is 0.668. The topological polar surface area (TPSA) is 105 Å². The second kappa shape index (κ2) is 8.35. The first-order valence-corrected chi connectivity index (χ1v) is 8.15. The van der Waals surface area contributed by atoms with E-state index in [1.807, 2.05) is 0 Å². The Bertz CT molecular complexity index is 482. The van der Waals surface area contributed by atoms with Crippen molar-refractivity contribution in [1.82, 2.24) is 4.90 Å². The number of aliphatic hydroxyl groups is 2. The number of quaternary nitrogens is 1. The number of hydrogen-bond donors (Lipinski definition) is 4. The van der Waals surface area contributed by atoms with Crippen LogP contribution < -0.4 is 16.2 Å². The minimum Gasteiger partial charge on any atom is -0.490 e. The Balaban J connectivity index is 1.76. The van der Waals surface area contributed by atoms with Crippen LogP contribution in [0.2, 0.25) is 0 Å². The Labute approximate surface area is 137 Å². The molecule has 1 aliphatic heterocycles. The molecule has 1 saturated heterocycles. The maximum absolute atomic E-state index is 9.24. The number of anilines is 2. The fourth-order valence-electron chi connectivity index (χ4n) is 3.12. The van der Waals surface area contributed by atoms with Crippen molar-refractivity contribution >= 4 is 11.4 Å². The molecule has 130 valence electrons. The summed E-state index contributed by atoms with van der Waals surface area (Å²) in [4.78, 5) is 2.35. The molecular formula is C16H29N4O3+. The Morgan fingerprint density at radius 3 is 2.30 bits per heavy atom. The minimum absolute atomic E-state index is 0.166. The molecule has 1 heterocycles. The molecule has 0 unspecified atom stereocenters. The molecular weight excluding hydrogens is 296 g/mol. The van der Waals surface area contributed by atoms with Gasteiger partial charge in [0, 0.05) is 25.3 Å². The minimum atomic E-state index is 0.166. The first-order valence-electron chi connectivity index (χ1n) is 8.15. The van der Waals surface area contributed by atoms with Crippen LogP contribution in [0.5, 0.6) is 5.75 Å². The van der Waals surface area contributed by atoms with Gasteiger partial charge in [-0.1, -0.05) is 0 Å². The first kappa shape index (κ1) is 17.8. The summed E-state index contributed by atoms with van der Waals surface area (Å²) < 4.78 is 6.54. The Hall–Kier alpha value is -1.54. The van der Waals surface area contributed by atoms with Crippen molar-refractivity contribution < 1.29 is 19.4 Å². The molecule has 1 aromatic carbocycles. The van der Waals surface area contributed by atoms with Gasteiger partial charge in [-0.05, 0) is 18.2 Å². The van der Waals surface area contributed by atoms with Crippen LogP contribution in [-0.4, -0.2) is 85.2 Å². The van der Waals surface area contributed by atoms with Crippen molar-refractivity contribution in [2.45, 2.75) is 0 Å². The van der Waals surface area contributed by atoms with Gasteiger partial charge in [0.15, 0.2) is 0 Å². The highest BCUT2D eigenvalue weighted by atomic mass is 16.5. The monoisotopic (exact) mass is 325 g/mol. The molecule has 0 aromatic heterocycles. The van der Waals surface area contributed by atoms with Crippen LogP contribution in [0.3, 0.4) is 0 Å². The maximum Gasteiger partial charge on any atom is 0.142 e. The molecule has 1 aliphatic rings. The van der Waals surface area contributed by atoms with Crippen LogP contribution in [0.15, 0.2) is 18.2 Å². The highest BCUT2D eigenvalue weighted by molar-refractivity contribution is 5.60. The van der Waals surface area contributed by atoms with Gasteiger partial charge in [-0.25, -0.2) is 0 Å². The number of ether oxygens (including phenoxy) is 1. The Kier molecular flexibility index (Phi) is 6.47. The van der Waals surface area contributed by atoms with Gasteiger partial charge < -0.3 is 30.9 Å². The van der Waals surface area contributed by atoms with Gasteiger partial charge in [-0.15, -0.1) is 0 Å². The lowest BCUT2D eigenvalue weighted by atomic mass is 10.2. The van der Waals surface area contributed by atoms with Gasteiger partial charge in [-0.2, -0.15) is 0 Å². The summed E-state index contributed by atoms with van der Waals surface area (Å²) in [7, 11) is 0. The smallest absolute Gasteiger partial charge is 0.142 e. The standard InChI is InChI=1S/C16H29N4O3/c17-14-1-2-16(15(18)13-14)23-12-5-19-3-6-20(7-4-19,8-10-21)9-11-22/h1-2,13,21-22H,3-12,17-18H2/q+1. The number of aliphatic hydroxyl groups excluding tert-OH is 2. The molecule has 6 N–H and O–H groups in total. The predicted octanol–water partition coefficient (Wildman–Crippen LogP) is -0.653. The molecule has 0 amide bonds. The molecule has 23 heavy (non-hydrogen) atoms. The van der Waals surface area contributed by atoms with Gasteiger partial charge in [-0.3, -0.25) is 4.90 Å². The fourth-order valence-corrected chi connectivity index (χ4v) is 3.12.